The summed E-state index contributed by atoms with van der Waals surface area (Å²) in [7, 11) is 0. The van der Waals surface area contributed by atoms with E-state index in [1.807, 2.05) is 6.07 Å². The highest BCUT2D eigenvalue weighted by molar-refractivity contribution is 5.47. The van der Waals surface area contributed by atoms with Gasteiger partial charge in [-0.25, -0.2) is 4.98 Å². The van der Waals surface area contributed by atoms with Crippen molar-refractivity contribution in [2.45, 2.75) is 46.6 Å². The van der Waals surface area contributed by atoms with Crippen LogP contribution >= 0.6 is 0 Å². The number of aryl methyl sites for hydroxylation is 1. The van der Waals surface area contributed by atoms with Crippen molar-refractivity contribution in [2.24, 2.45) is 11.8 Å². The maximum atomic E-state index is 9.15. The van der Waals surface area contributed by atoms with Crippen LogP contribution < -0.4 is 4.90 Å². The summed E-state index contributed by atoms with van der Waals surface area (Å²) in [6.45, 7) is 9.04. The highest BCUT2D eigenvalue weighted by Crippen LogP contribution is 2.27. The summed E-state index contributed by atoms with van der Waals surface area (Å²) in [5.74, 6) is 2.73. The molecule has 2 heterocycles. The lowest BCUT2D eigenvalue weighted by Gasteiger charge is -2.24. The monoisotopic (exact) mass is 262 g/mol. The number of aromatic nitrogens is 1. The molecule has 106 valence electrons. The summed E-state index contributed by atoms with van der Waals surface area (Å²) in [6, 6.07) is 2.05. The van der Waals surface area contributed by atoms with Crippen LogP contribution in [0.2, 0.25) is 0 Å². The number of hydrogen-bond acceptors (Lipinski definition) is 3. The Balaban J connectivity index is 2.10. The van der Waals surface area contributed by atoms with Crippen molar-refractivity contribution in [1.29, 1.82) is 0 Å². The summed E-state index contributed by atoms with van der Waals surface area (Å²) in [5, 5.41) is 9.15. The first-order valence-electron chi connectivity index (χ1n) is 7.43. The normalized spacial score (nSPS) is 20.7. The van der Waals surface area contributed by atoms with Gasteiger partial charge in [0.2, 0.25) is 0 Å². The fraction of sp³-hybridized carbons (Fsp3) is 0.688. The van der Waals surface area contributed by atoms with E-state index in [1.165, 1.54) is 24.8 Å². The van der Waals surface area contributed by atoms with Crippen molar-refractivity contribution in [3.8, 4) is 0 Å². The van der Waals surface area contributed by atoms with Gasteiger partial charge in [-0.3, -0.25) is 0 Å². The van der Waals surface area contributed by atoms with Gasteiger partial charge in [0.25, 0.3) is 0 Å². The van der Waals surface area contributed by atoms with Crippen LogP contribution in [0.3, 0.4) is 0 Å². The maximum absolute atomic E-state index is 9.15. The molecule has 1 aromatic rings. The molecule has 0 spiro atoms. The molecule has 0 saturated carbocycles. The number of aliphatic hydroxyl groups excluding tert-OH is 1. The molecule has 19 heavy (non-hydrogen) atoms. The molecule has 1 fully saturated rings. The minimum atomic E-state index is 0.0730. The van der Waals surface area contributed by atoms with E-state index < -0.39 is 0 Å². The van der Waals surface area contributed by atoms with Crippen molar-refractivity contribution in [2.75, 3.05) is 18.0 Å². The van der Waals surface area contributed by atoms with Gasteiger partial charge in [-0.2, -0.15) is 0 Å². The van der Waals surface area contributed by atoms with Gasteiger partial charge in [0.05, 0.1) is 6.61 Å². The zero-order valence-corrected chi connectivity index (χ0v) is 12.4. The average Bonchev–Trinajstić information content (AvgIpc) is 2.64. The Labute approximate surface area is 116 Å². The van der Waals surface area contributed by atoms with E-state index in [0.717, 1.165) is 36.3 Å². The van der Waals surface area contributed by atoms with E-state index >= 15 is 0 Å². The van der Waals surface area contributed by atoms with Crippen LogP contribution in [0.25, 0.3) is 0 Å². The third-order valence-electron chi connectivity index (χ3n) is 4.30. The zero-order valence-electron chi connectivity index (χ0n) is 12.4. The molecule has 0 amide bonds. The Morgan fingerprint density at radius 3 is 2.79 bits per heavy atom. The van der Waals surface area contributed by atoms with Gasteiger partial charge in [0.15, 0.2) is 0 Å². The minimum Gasteiger partial charge on any atom is -0.392 e. The third-order valence-corrected chi connectivity index (χ3v) is 4.30. The molecule has 1 aromatic heterocycles. The van der Waals surface area contributed by atoms with E-state index in [0.29, 0.717) is 0 Å². The van der Waals surface area contributed by atoms with E-state index in [4.69, 9.17) is 5.11 Å². The minimum absolute atomic E-state index is 0.0730. The Bertz CT molecular complexity index is 417. The smallest absolute Gasteiger partial charge is 0.131 e. The van der Waals surface area contributed by atoms with Gasteiger partial charge in [0, 0.05) is 19.3 Å². The molecule has 0 radical (unpaired) electrons. The number of aliphatic hydroxyl groups is 1. The molecule has 1 saturated heterocycles. The molecular weight excluding hydrogens is 236 g/mol. The molecule has 3 nitrogen and oxygen atoms in total. The lowest BCUT2D eigenvalue weighted by molar-refractivity contribution is 0.281. The number of hydrogen-bond donors (Lipinski definition) is 1. The summed E-state index contributed by atoms with van der Waals surface area (Å²) < 4.78 is 0. The van der Waals surface area contributed by atoms with E-state index in [-0.39, 0.29) is 6.61 Å². The predicted octanol–water partition coefficient (Wildman–Crippen LogP) is 3.14. The fourth-order valence-corrected chi connectivity index (χ4v) is 3.04. The number of rotatable bonds is 3. The number of nitrogens with zero attached hydrogens (tertiary/aromatic N) is 2. The van der Waals surface area contributed by atoms with Crippen LogP contribution in [-0.2, 0) is 6.61 Å². The van der Waals surface area contributed by atoms with E-state index in [9.17, 15) is 0 Å². The van der Waals surface area contributed by atoms with Crippen molar-refractivity contribution in [3.05, 3.63) is 23.4 Å². The Morgan fingerprint density at radius 2 is 2.16 bits per heavy atom. The van der Waals surface area contributed by atoms with Crippen LogP contribution in [0.5, 0.6) is 0 Å². The van der Waals surface area contributed by atoms with Gasteiger partial charge in [0.1, 0.15) is 5.82 Å². The Morgan fingerprint density at radius 1 is 1.37 bits per heavy atom. The van der Waals surface area contributed by atoms with Crippen molar-refractivity contribution >= 4 is 5.82 Å². The van der Waals surface area contributed by atoms with Gasteiger partial charge < -0.3 is 10.0 Å². The highest BCUT2D eigenvalue weighted by atomic mass is 16.3. The van der Waals surface area contributed by atoms with Crippen molar-refractivity contribution in [3.63, 3.8) is 0 Å². The molecule has 1 aliphatic rings. The topological polar surface area (TPSA) is 36.4 Å². The first-order valence-corrected chi connectivity index (χ1v) is 7.43. The molecule has 1 N–H and O–H groups in total. The number of anilines is 1. The van der Waals surface area contributed by atoms with Gasteiger partial charge in [-0.1, -0.05) is 13.8 Å². The highest BCUT2D eigenvalue weighted by Gasteiger charge is 2.21. The second-order valence-electron chi connectivity index (χ2n) is 6.06. The molecule has 0 aliphatic carbocycles. The Hall–Kier alpha value is -1.09. The molecule has 1 aliphatic heterocycles. The van der Waals surface area contributed by atoms with Crippen LogP contribution in [0.4, 0.5) is 5.82 Å². The average molecular weight is 262 g/mol. The third kappa shape index (κ3) is 3.47. The first kappa shape index (κ1) is 14.3. The van der Waals surface area contributed by atoms with Gasteiger partial charge >= 0.3 is 0 Å². The quantitative estimate of drug-likeness (QED) is 0.909. The second kappa shape index (κ2) is 6.38. The SMILES string of the molecule is Cc1cc(CO)cnc1N1CCCC(C(C)C)CC1. The van der Waals surface area contributed by atoms with Crippen molar-refractivity contribution < 1.29 is 5.11 Å². The first-order chi connectivity index (χ1) is 9.11. The Kier molecular flexibility index (Phi) is 4.81. The van der Waals surface area contributed by atoms with Crippen LogP contribution in [0, 0.1) is 18.8 Å². The van der Waals surface area contributed by atoms with Gasteiger partial charge in [-0.05, 0) is 55.2 Å². The molecule has 3 heteroatoms. The van der Waals surface area contributed by atoms with E-state index in [1.54, 1.807) is 6.20 Å². The van der Waals surface area contributed by atoms with Crippen LogP contribution in [-0.4, -0.2) is 23.2 Å². The van der Waals surface area contributed by atoms with Crippen molar-refractivity contribution in [1.82, 2.24) is 4.98 Å². The van der Waals surface area contributed by atoms with Crippen LogP contribution in [0.15, 0.2) is 12.3 Å². The molecular formula is C16H26N2O. The standard InChI is InChI=1S/C16H26N2O/c1-12(2)15-5-4-7-18(8-6-15)16-13(3)9-14(11-19)10-17-16/h9-10,12,15,19H,4-8,11H2,1-3H3. The second-order valence-corrected chi connectivity index (χ2v) is 6.06. The zero-order chi connectivity index (χ0) is 13.8. The van der Waals surface area contributed by atoms with Crippen LogP contribution in [0.1, 0.15) is 44.2 Å². The molecule has 0 bridgehead atoms. The predicted molar refractivity (Wildman–Crippen MR) is 79.3 cm³/mol. The summed E-state index contributed by atoms with van der Waals surface area (Å²) in [5.41, 5.74) is 2.07. The lowest BCUT2D eigenvalue weighted by Crippen LogP contribution is -2.26. The number of pyridine rings is 1. The van der Waals surface area contributed by atoms with E-state index in [2.05, 4.69) is 30.7 Å². The summed E-state index contributed by atoms with van der Waals surface area (Å²) in [4.78, 5) is 6.97. The molecule has 2 rings (SSSR count). The molecule has 1 unspecified atom stereocenters. The fourth-order valence-electron chi connectivity index (χ4n) is 3.04. The lowest BCUT2D eigenvalue weighted by atomic mass is 9.89. The summed E-state index contributed by atoms with van der Waals surface area (Å²) >= 11 is 0. The maximum Gasteiger partial charge on any atom is 0.131 e. The summed E-state index contributed by atoms with van der Waals surface area (Å²) in [6.07, 6.45) is 5.65. The largest absolute Gasteiger partial charge is 0.392 e. The van der Waals surface area contributed by atoms with Gasteiger partial charge in [-0.15, -0.1) is 0 Å². The molecule has 0 aromatic carbocycles. The molecule has 1 atom stereocenters.